The van der Waals surface area contributed by atoms with Gasteiger partial charge in [-0.3, -0.25) is 19.0 Å². The molecule has 0 bridgehead atoms. The molecule has 9 heteroatoms. The minimum Gasteiger partial charge on any atom is -0.339 e. The highest BCUT2D eigenvalue weighted by Crippen LogP contribution is 2.21. The van der Waals surface area contributed by atoms with Crippen molar-refractivity contribution >= 4 is 28.5 Å². The molecule has 2 amide bonds. The van der Waals surface area contributed by atoms with E-state index in [4.69, 9.17) is 0 Å². The van der Waals surface area contributed by atoms with Crippen LogP contribution in [0.1, 0.15) is 60.3 Å². The number of benzene rings is 1. The maximum Gasteiger partial charge on any atom is 0.333 e. The summed E-state index contributed by atoms with van der Waals surface area (Å²) in [6.07, 6.45) is 3.10. The molecule has 0 radical (unpaired) electrons. The Morgan fingerprint density at radius 3 is 2.43 bits per heavy atom. The Morgan fingerprint density at radius 2 is 1.77 bits per heavy atom. The second-order valence-corrected chi connectivity index (χ2v) is 9.11. The third kappa shape index (κ3) is 4.50. The predicted molar refractivity (Wildman–Crippen MR) is 135 cm³/mol. The van der Waals surface area contributed by atoms with Crippen LogP contribution in [-0.2, 0) is 11.8 Å². The summed E-state index contributed by atoms with van der Waals surface area (Å²) in [5, 5.41) is 2.91. The number of nitrogens with one attached hydrogen (secondary N) is 1. The Balaban J connectivity index is 1.88. The number of hydrogen-bond donors (Lipinski definition) is 1. The van der Waals surface area contributed by atoms with Gasteiger partial charge in [-0.25, -0.2) is 14.3 Å². The first-order valence-electron chi connectivity index (χ1n) is 12.0. The highest BCUT2D eigenvalue weighted by atomic mass is 16.2. The molecule has 1 fully saturated rings. The zero-order valence-corrected chi connectivity index (χ0v) is 20.6. The number of likely N-dealkylation sites (tertiary alicyclic amines) is 1. The van der Waals surface area contributed by atoms with Crippen molar-refractivity contribution in [3.63, 3.8) is 0 Å². The molecular weight excluding hydrogens is 446 g/mol. The Bertz CT molecular complexity index is 1420. The number of rotatable bonds is 5. The molecule has 0 spiro atoms. The first kappa shape index (κ1) is 24.4. The highest BCUT2D eigenvalue weighted by molar-refractivity contribution is 6.05. The topological polar surface area (TPSA) is 106 Å². The number of pyridine rings is 1. The van der Waals surface area contributed by atoms with Crippen molar-refractivity contribution in [2.75, 3.05) is 18.4 Å². The number of carbonyl (C=O) groups is 2. The van der Waals surface area contributed by atoms with Gasteiger partial charge in [-0.1, -0.05) is 25.1 Å². The minimum atomic E-state index is -1.05. The van der Waals surface area contributed by atoms with Gasteiger partial charge in [0.15, 0.2) is 0 Å². The van der Waals surface area contributed by atoms with Gasteiger partial charge in [0.2, 0.25) is 5.91 Å². The van der Waals surface area contributed by atoms with Crippen LogP contribution in [0.5, 0.6) is 0 Å². The van der Waals surface area contributed by atoms with Crippen molar-refractivity contribution in [1.29, 1.82) is 0 Å². The molecule has 1 atom stereocenters. The van der Waals surface area contributed by atoms with Gasteiger partial charge in [-0.05, 0) is 57.2 Å². The molecule has 1 N–H and O–H groups in total. The van der Waals surface area contributed by atoms with Gasteiger partial charge < -0.3 is 10.2 Å². The summed E-state index contributed by atoms with van der Waals surface area (Å²) in [7, 11) is 1.51. The van der Waals surface area contributed by atoms with E-state index < -0.39 is 23.2 Å². The predicted octanol–water partition coefficient (Wildman–Crippen LogP) is 2.93. The van der Waals surface area contributed by atoms with E-state index in [9.17, 15) is 19.2 Å². The summed E-state index contributed by atoms with van der Waals surface area (Å²) in [5.74, 6) is -0.718. The highest BCUT2D eigenvalue weighted by Gasteiger charge is 2.29. The fourth-order valence-corrected chi connectivity index (χ4v) is 4.70. The van der Waals surface area contributed by atoms with E-state index in [-0.39, 0.29) is 28.9 Å². The fourth-order valence-electron chi connectivity index (χ4n) is 4.70. The standard InChI is InChI=1S/C26H31N5O4/c1-5-20(23(32)28-19-12-8-7-11-16(19)2)31-25(34)21-18(24(33)30-13-9-6-10-14-30)15-17(3)27-22(21)29(4)26(31)35/h7-8,11-12,15,20H,5-6,9-10,13-14H2,1-4H3,(H,28,32)/t20-/m0/s1. The minimum absolute atomic E-state index is 0.0652. The number of piperidine rings is 1. The summed E-state index contributed by atoms with van der Waals surface area (Å²) >= 11 is 0. The smallest absolute Gasteiger partial charge is 0.333 e. The van der Waals surface area contributed by atoms with Crippen LogP contribution in [0.25, 0.3) is 11.0 Å². The van der Waals surface area contributed by atoms with E-state index in [1.807, 2.05) is 19.1 Å². The van der Waals surface area contributed by atoms with Crippen LogP contribution in [0.15, 0.2) is 39.9 Å². The quantitative estimate of drug-likeness (QED) is 0.608. The number of amides is 2. The van der Waals surface area contributed by atoms with Crippen LogP contribution in [0.4, 0.5) is 5.69 Å². The van der Waals surface area contributed by atoms with Crippen LogP contribution in [0.3, 0.4) is 0 Å². The van der Waals surface area contributed by atoms with Gasteiger partial charge in [-0.15, -0.1) is 0 Å². The normalized spacial score (nSPS) is 14.7. The zero-order valence-electron chi connectivity index (χ0n) is 20.6. The molecule has 0 aliphatic carbocycles. The molecule has 1 saturated heterocycles. The number of carbonyl (C=O) groups excluding carboxylic acids is 2. The molecule has 1 aliphatic rings. The van der Waals surface area contributed by atoms with Crippen LogP contribution >= 0.6 is 0 Å². The summed E-state index contributed by atoms with van der Waals surface area (Å²) in [5.41, 5.74) is 1.05. The number of aromatic nitrogens is 3. The van der Waals surface area contributed by atoms with Gasteiger partial charge in [0, 0.05) is 31.5 Å². The Morgan fingerprint density at radius 1 is 1.09 bits per heavy atom. The van der Waals surface area contributed by atoms with Crippen LogP contribution in [0, 0.1) is 13.8 Å². The lowest BCUT2D eigenvalue weighted by molar-refractivity contribution is -0.119. The molecule has 3 heterocycles. The molecule has 1 aromatic carbocycles. The van der Waals surface area contributed by atoms with Gasteiger partial charge in [0.1, 0.15) is 11.7 Å². The number of fused-ring (bicyclic) bond motifs is 1. The Labute approximate surface area is 203 Å². The molecule has 1 aliphatic heterocycles. The van der Waals surface area contributed by atoms with E-state index in [0.29, 0.717) is 24.5 Å². The average Bonchev–Trinajstić information content (AvgIpc) is 2.86. The molecular formula is C26H31N5O4. The molecule has 0 saturated carbocycles. The fraction of sp³-hybridized carbons (Fsp3) is 0.423. The molecule has 3 aromatic rings. The lowest BCUT2D eigenvalue weighted by Gasteiger charge is -2.27. The van der Waals surface area contributed by atoms with E-state index in [1.54, 1.807) is 36.9 Å². The lowest BCUT2D eigenvalue weighted by atomic mass is 10.1. The van der Waals surface area contributed by atoms with E-state index in [2.05, 4.69) is 10.3 Å². The molecule has 184 valence electrons. The Hall–Kier alpha value is -3.75. The van der Waals surface area contributed by atoms with E-state index >= 15 is 0 Å². The van der Waals surface area contributed by atoms with E-state index in [0.717, 1.165) is 29.4 Å². The molecule has 0 unspecified atom stereocenters. The number of nitrogens with zero attached hydrogens (tertiary/aromatic N) is 4. The van der Waals surface area contributed by atoms with Gasteiger partial charge in [0.25, 0.3) is 11.5 Å². The SMILES string of the molecule is CC[C@@H](C(=O)Nc1ccccc1C)n1c(=O)c2c(C(=O)N3CCCCC3)cc(C)nc2n(C)c1=O. The van der Waals surface area contributed by atoms with E-state index in [1.165, 1.54) is 11.6 Å². The number of hydrogen-bond acceptors (Lipinski definition) is 5. The summed E-state index contributed by atoms with van der Waals surface area (Å²) in [6, 6.07) is 7.85. The molecule has 4 rings (SSSR count). The third-order valence-corrected chi connectivity index (χ3v) is 6.65. The largest absolute Gasteiger partial charge is 0.339 e. The summed E-state index contributed by atoms with van der Waals surface area (Å²) in [6.45, 7) is 6.58. The second-order valence-electron chi connectivity index (χ2n) is 9.11. The second kappa shape index (κ2) is 9.85. The van der Waals surface area contributed by atoms with Gasteiger partial charge in [-0.2, -0.15) is 0 Å². The number of anilines is 1. The van der Waals surface area contributed by atoms with Crippen molar-refractivity contribution in [3.05, 3.63) is 68.0 Å². The van der Waals surface area contributed by atoms with Crippen molar-refractivity contribution < 1.29 is 9.59 Å². The van der Waals surface area contributed by atoms with Crippen LogP contribution in [0.2, 0.25) is 0 Å². The third-order valence-electron chi connectivity index (χ3n) is 6.65. The monoisotopic (exact) mass is 477 g/mol. The van der Waals surface area contributed by atoms with Crippen molar-refractivity contribution in [3.8, 4) is 0 Å². The maximum absolute atomic E-state index is 13.8. The molecule has 2 aromatic heterocycles. The average molecular weight is 478 g/mol. The molecule has 35 heavy (non-hydrogen) atoms. The first-order chi connectivity index (χ1) is 16.7. The Kier molecular flexibility index (Phi) is 6.86. The maximum atomic E-state index is 13.8. The first-order valence-corrected chi connectivity index (χ1v) is 12.0. The van der Waals surface area contributed by atoms with Gasteiger partial charge in [0.05, 0.1) is 10.9 Å². The van der Waals surface area contributed by atoms with Crippen LogP contribution in [-0.4, -0.2) is 43.9 Å². The van der Waals surface area contributed by atoms with Crippen LogP contribution < -0.4 is 16.6 Å². The summed E-state index contributed by atoms with van der Waals surface area (Å²) < 4.78 is 2.21. The van der Waals surface area contributed by atoms with Crippen molar-refractivity contribution in [2.45, 2.75) is 52.5 Å². The van der Waals surface area contributed by atoms with Crippen molar-refractivity contribution in [1.82, 2.24) is 19.0 Å². The molecule has 9 nitrogen and oxygen atoms in total. The zero-order chi connectivity index (χ0) is 25.3. The number of aryl methyl sites for hydroxylation is 3. The summed E-state index contributed by atoms with van der Waals surface area (Å²) in [4.78, 5) is 60.0. The van der Waals surface area contributed by atoms with Crippen molar-refractivity contribution in [2.24, 2.45) is 7.05 Å². The van der Waals surface area contributed by atoms with Gasteiger partial charge >= 0.3 is 5.69 Å². The lowest BCUT2D eigenvalue weighted by Crippen LogP contribution is -2.46. The number of para-hydroxylation sites is 1.